The molecule has 122 valence electrons. The first-order chi connectivity index (χ1) is 11.1. The largest absolute Gasteiger partial charge is 0.313 e. The molecule has 0 spiro atoms. The van der Waals surface area contributed by atoms with E-state index in [0.717, 1.165) is 21.8 Å². The second kappa shape index (κ2) is 8.70. The first-order valence-electron chi connectivity index (χ1n) is 7.93. The van der Waals surface area contributed by atoms with Crippen LogP contribution >= 0.6 is 11.6 Å². The summed E-state index contributed by atoms with van der Waals surface area (Å²) < 4.78 is 0. The van der Waals surface area contributed by atoms with E-state index in [1.807, 2.05) is 67.3 Å². The van der Waals surface area contributed by atoms with E-state index in [4.69, 9.17) is 11.6 Å². The number of nitrogens with one attached hydrogen (secondary N) is 1. The van der Waals surface area contributed by atoms with E-state index in [2.05, 4.69) is 5.32 Å². The van der Waals surface area contributed by atoms with Gasteiger partial charge in [-0.05, 0) is 43.2 Å². The van der Waals surface area contributed by atoms with Gasteiger partial charge in [0.25, 0.3) is 0 Å². The number of amides is 1. The average Bonchev–Trinajstić information content (AvgIpc) is 2.54. The van der Waals surface area contributed by atoms with Gasteiger partial charge in [-0.25, -0.2) is 0 Å². The molecule has 2 rings (SSSR count). The standard InChI is InChI=1S/C19H23ClN2O/c1-3-22(17-9-6-7-15(2)13-17)19(23)11-12-21-14-16-8-4-5-10-18(16)20/h4-10,13,21H,3,11-12,14H2,1-2H3. The highest BCUT2D eigenvalue weighted by Crippen LogP contribution is 2.17. The summed E-state index contributed by atoms with van der Waals surface area (Å²) in [5, 5.41) is 4.03. The topological polar surface area (TPSA) is 32.3 Å². The highest BCUT2D eigenvalue weighted by molar-refractivity contribution is 6.31. The summed E-state index contributed by atoms with van der Waals surface area (Å²) >= 11 is 6.12. The summed E-state index contributed by atoms with van der Waals surface area (Å²) in [6.45, 7) is 6.01. The summed E-state index contributed by atoms with van der Waals surface area (Å²) in [5.41, 5.74) is 3.17. The maximum atomic E-state index is 12.4. The lowest BCUT2D eigenvalue weighted by atomic mass is 10.2. The molecule has 0 unspecified atom stereocenters. The van der Waals surface area contributed by atoms with Crippen LogP contribution in [0.15, 0.2) is 48.5 Å². The number of hydrogen-bond donors (Lipinski definition) is 1. The molecule has 0 saturated heterocycles. The molecule has 0 bridgehead atoms. The van der Waals surface area contributed by atoms with Gasteiger partial charge in [-0.1, -0.05) is 41.9 Å². The van der Waals surface area contributed by atoms with E-state index >= 15 is 0 Å². The second-order valence-electron chi connectivity index (χ2n) is 5.50. The van der Waals surface area contributed by atoms with E-state index in [1.165, 1.54) is 0 Å². The van der Waals surface area contributed by atoms with Crippen LogP contribution in [0.5, 0.6) is 0 Å². The molecule has 2 aromatic rings. The molecular weight excluding hydrogens is 308 g/mol. The lowest BCUT2D eigenvalue weighted by Crippen LogP contribution is -2.33. The van der Waals surface area contributed by atoms with E-state index in [1.54, 1.807) is 0 Å². The minimum absolute atomic E-state index is 0.129. The van der Waals surface area contributed by atoms with E-state index in [0.29, 0.717) is 26.1 Å². The van der Waals surface area contributed by atoms with Crippen LogP contribution in [0.25, 0.3) is 0 Å². The van der Waals surface area contributed by atoms with Gasteiger partial charge in [0.15, 0.2) is 0 Å². The van der Waals surface area contributed by atoms with Crippen molar-refractivity contribution in [1.29, 1.82) is 0 Å². The van der Waals surface area contributed by atoms with Crippen molar-refractivity contribution in [3.63, 3.8) is 0 Å². The Morgan fingerprint density at radius 2 is 1.96 bits per heavy atom. The SMILES string of the molecule is CCN(C(=O)CCNCc1ccccc1Cl)c1cccc(C)c1. The average molecular weight is 331 g/mol. The van der Waals surface area contributed by atoms with Gasteiger partial charge in [0.2, 0.25) is 5.91 Å². The fourth-order valence-electron chi connectivity index (χ4n) is 2.49. The summed E-state index contributed by atoms with van der Waals surface area (Å²) in [4.78, 5) is 14.2. The normalized spacial score (nSPS) is 10.6. The lowest BCUT2D eigenvalue weighted by Gasteiger charge is -2.21. The Kier molecular flexibility index (Phi) is 6.63. The van der Waals surface area contributed by atoms with Crippen molar-refractivity contribution < 1.29 is 4.79 Å². The molecule has 0 aliphatic heterocycles. The van der Waals surface area contributed by atoms with Crippen molar-refractivity contribution in [3.05, 3.63) is 64.7 Å². The molecule has 0 aromatic heterocycles. The first kappa shape index (κ1) is 17.5. The number of halogens is 1. The molecule has 0 aliphatic rings. The predicted molar refractivity (Wildman–Crippen MR) is 97.0 cm³/mol. The molecule has 1 amide bonds. The number of rotatable bonds is 7. The van der Waals surface area contributed by atoms with Gasteiger partial charge in [-0.2, -0.15) is 0 Å². The molecule has 0 saturated carbocycles. The van der Waals surface area contributed by atoms with Crippen LogP contribution in [0.4, 0.5) is 5.69 Å². The minimum Gasteiger partial charge on any atom is -0.313 e. The number of aryl methyl sites for hydroxylation is 1. The first-order valence-corrected chi connectivity index (χ1v) is 8.30. The highest BCUT2D eigenvalue weighted by atomic mass is 35.5. The van der Waals surface area contributed by atoms with Gasteiger partial charge in [-0.15, -0.1) is 0 Å². The minimum atomic E-state index is 0.129. The molecule has 2 aromatic carbocycles. The van der Waals surface area contributed by atoms with Crippen molar-refractivity contribution in [2.75, 3.05) is 18.0 Å². The Morgan fingerprint density at radius 1 is 1.17 bits per heavy atom. The number of nitrogens with zero attached hydrogens (tertiary/aromatic N) is 1. The molecule has 23 heavy (non-hydrogen) atoms. The van der Waals surface area contributed by atoms with Crippen LogP contribution < -0.4 is 10.2 Å². The van der Waals surface area contributed by atoms with E-state index < -0.39 is 0 Å². The van der Waals surface area contributed by atoms with Crippen LogP contribution in [0.1, 0.15) is 24.5 Å². The number of hydrogen-bond acceptors (Lipinski definition) is 2. The Bertz CT molecular complexity index is 657. The van der Waals surface area contributed by atoms with Crippen molar-refractivity contribution in [3.8, 4) is 0 Å². The van der Waals surface area contributed by atoms with Gasteiger partial charge in [-0.3, -0.25) is 4.79 Å². The zero-order valence-corrected chi connectivity index (χ0v) is 14.4. The van der Waals surface area contributed by atoms with Crippen LogP contribution in [0, 0.1) is 6.92 Å². The van der Waals surface area contributed by atoms with Crippen molar-refractivity contribution in [2.45, 2.75) is 26.8 Å². The molecule has 0 aliphatic carbocycles. The molecule has 1 N–H and O–H groups in total. The third kappa shape index (κ3) is 5.08. The van der Waals surface area contributed by atoms with E-state index in [9.17, 15) is 4.79 Å². The molecule has 4 heteroatoms. The molecule has 0 radical (unpaired) electrons. The van der Waals surface area contributed by atoms with Crippen LogP contribution in [0.2, 0.25) is 5.02 Å². The van der Waals surface area contributed by atoms with Crippen LogP contribution in [-0.4, -0.2) is 19.0 Å². The summed E-state index contributed by atoms with van der Waals surface area (Å²) in [5.74, 6) is 0.129. The zero-order valence-electron chi connectivity index (χ0n) is 13.7. The van der Waals surface area contributed by atoms with Crippen molar-refractivity contribution in [1.82, 2.24) is 5.32 Å². The Labute approximate surface area is 143 Å². The fraction of sp³-hybridized carbons (Fsp3) is 0.316. The Balaban J connectivity index is 1.85. The summed E-state index contributed by atoms with van der Waals surface area (Å²) in [6, 6.07) is 15.8. The number of anilines is 1. The van der Waals surface area contributed by atoms with Crippen molar-refractivity contribution in [2.24, 2.45) is 0 Å². The molecule has 0 heterocycles. The maximum absolute atomic E-state index is 12.4. The smallest absolute Gasteiger partial charge is 0.228 e. The van der Waals surface area contributed by atoms with Crippen molar-refractivity contribution >= 4 is 23.2 Å². The second-order valence-corrected chi connectivity index (χ2v) is 5.90. The van der Waals surface area contributed by atoms with Gasteiger partial charge >= 0.3 is 0 Å². The lowest BCUT2D eigenvalue weighted by molar-refractivity contribution is -0.118. The van der Waals surface area contributed by atoms with Gasteiger partial charge in [0.05, 0.1) is 0 Å². The quantitative estimate of drug-likeness (QED) is 0.772. The van der Waals surface area contributed by atoms with Gasteiger partial charge in [0, 0.05) is 36.8 Å². The van der Waals surface area contributed by atoms with E-state index in [-0.39, 0.29) is 5.91 Å². The maximum Gasteiger partial charge on any atom is 0.228 e. The number of carbonyl (C=O) groups excluding carboxylic acids is 1. The van der Waals surface area contributed by atoms with Gasteiger partial charge < -0.3 is 10.2 Å². The molecular formula is C19H23ClN2O. The predicted octanol–water partition coefficient (Wildman–Crippen LogP) is 4.18. The number of benzene rings is 2. The highest BCUT2D eigenvalue weighted by Gasteiger charge is 2.13. The van der Waals surface area contributed by atoms with Crippen LogP contribution in [-0.2, 0) is 11.3 Å². The molecule has 0 atom stereocenters. The Morgan fingerprint density at radius 3 is 2.65 bits per heavy atom. The third-order valence-electron chi connectivity index (χ3n) is 3.72. The van der Waals surface area contributed by atoms with Gasteiger partial charge in [0.1, 0.15) is 0 Å². The molecule has 3 nitrogen and oxygen atoms in total. The zero-order chi connectivity index (χ0) is 16.7. The summed E-state index contributed by atoms with van der Waals surface area (Å²) in [6.07, 6.45) is 0.465. The Hall–Kier alpha value is -1.84. The monoisotopic (exact) mass is 330 g/mol. The molecule has 0 fully saturated rings. The fourth-order valence-corrected chi connectivity index (χ4v) is 2.70. The van der Waals surface area contributed by atoms with Crippen LogP contribution in [0.3, 0.4) is 0 Å². The third-order valence-corrected chi connectivity index (χ3v) is 4.09. The number of carbonyl (C=O) groups is 1. The summed E-state index contributed by atoms with van der Waals surface area (Å²) in [7, 11) is 0.